The number of hydrogen-bond donors (Lipinski definition) is 2. The second-order valence-corrected chi connectivity index (χ2v) is 4.68. The second-order valence-electron chi connectivity index (χ2n) is 4.68. The van der Waals surface area contributed by atoms with Gasteiger partial charge in [0.25, 0.3) is 0 Å². The van der Waals surface area contributed by atoms with E-state index in [1.54, 1.807) is 24.1 Å². The Morgan fingerprint density at radius 3 is 2.90 bits per heavy atom. The largest absolute Gasteiger partial charge is 0.390 e. The Bertz CT molecular complexity index is 811. The minimum Gasteiger partial charge on any atom is -0.390 e. The van der Waals surface area contributed by atoms with Gasteiger partial charge in [0.15, 0.2) is 0 Å². The van der Waals surface area contributed by atoms with Crippen molar-refractivity contribution >= 4 is 23.0 Å². The fourth-order valence-electron chi connectivity index (χ4n) is 2.34. The van der Waals surface area contributed by atoms with E-state index in [4.69, 9.17) is 0 Å². The lowest BCUT2D eigenvalue weighted by molar-refractivity contribution is -0.105. The highest BCUT2D eigenvalue weighted by Gasteiger charge is 2.10. The number of rotatable bonds is 4. The second kappa shape index (κ2) is 5.34. The molecule has 6 heteroatoms. The summed E-state index contributed by atoms with van der Waals surface area (Å²) in [5, 5.41) is 18.1. The number of amides is 1. The summed E-state index contributed by atoms with van der Waals surface area (Å²) in [4.78, 5) is 14.6. The Morgan fingerprint density at radius 1 is 1.29 bits per heavy atom. The molecule has 2 aromatic heterocycles. The number of aliphatic hydroxyl groups is 1. The van der Waals surface area contributed by atoms with Crippen molar-refractivity contribution in [2.24, 2.45) is 7.05 Å². The summed E-state index contributed by atoms with van der Waals surface area (Å²) in [6, 6.07) is 7.72. The third kappa shape index (κ3) is 2.36. The van der Waals surface area contributed by atoms with E-state index in [0.29, 0.717) is 12.2 Å². The highest BCUT2D eigenvalue weighted by atomic mass is 16.3. The molecule has 0 aliphatic heterocycles. The number of carbonyl (C=O) groups is 1. The first-order valence-corrected chi connectivity index (χ1v) is 6.45. The van der Waals surface area contributed by atoms with Gasteiger partial charge in [-0.3, -0.25) is 9.48 Å². The van der Waals surface area contributed by atoms with Crippen molar-refractivity contribution in [1.82, 2.24) is 14.8 Å². The number of hydrogen-bond acceptors (Lipinski definition) is 4. The maximum absolute atomic E-state index is 10.5. The number of aryl methyl sites for hydroxylation is 1. The summed E-state index contributed by atoms with van der Waals surface area (Å²) in [6.07, 6.45) is 4.04. The number of benzene rings is 1. The number of nitrogens with one attached hydrogen (secondary N) is 1. The van der Waals surface area contributed by atoms with Gasteiger partial charge in [0.1, 0.15) is 5.82 Å². The molecular formula is C15H14N4O2. The van der Waals surface area contributed by atoms with Crippen LogP contribution in [-0.4, -0.2) is 26.3 Å². The monoisotopic (exact) mass is 282 g/mol. The number of fused-ring (bicyclic) bond motifs is 1. The lowest BCUT2D eigenvalue weighted by atomic mass is 10.0. The van der Waals surface area contributed by atoms with Crippen LogP contribution in [0.4, 0.5) is 5.82 Å². The van der Waals surface area contributed by atoms with Gasteiger partial charge in [0.2, 0.25) is 6.41 Å². The summed E-state index contributed by atoms with van der Waals surface area (Å²) < 4.78 is 1.66. The molecule has 1 aromatic carbocycles. The molecule has 0 saturated carbocycles. The van der Waals surface area contributed by atoms with Crippen molar-refractivity contribution in [3.63, 3.8) is 0 Å². The predicted octanol–water partition coefficient (Wildman–Crippen LogP) is 1.70. The van der Waals surface area contributed by atoms with E-state index < -0.39 is 0 Å². The first-order valence-electron chi connectivity index (χ1n) is 6.45. The minimum absolute atomic E-state index is 0.0713. The number of aliphatic hydroxyl groups excluding tert-OH is 1. The van der Waals surface area contributed by atoms with E-state index in [-0.39, 0.29) is 6.61 Å². The summed E-state index contributed by atoms with van der Waals surface area (Å²) >= 11 is 0. The number of pyridine rings is 1. The number of carbonyl (C=O) groups excluding carboxylic acids is 1. The molecule has 3 aromatic rings. The average Bonchev–Trinajstić information content (AvgIpc) is 2.87. The number of nitrogens with zero attached hydrogens (tertiary/aromatic N) is 3. The number of aromatic nitrogens is 3. The molecule has 6 nitrogen and oxygen atoms in total. The zero-order valence-corrected chi connectivity index (χ0v) is 11.4. The third-order valence-electron chi connectivity index (χ3n) is 3.45. The highest BCUT2D eigenvalue weighted by Crippen LogP contribution is 2.27. The molecule has 0 spiro atoms. The van der Waals surface area contributed by atoms with Gasteiger partial charge in [-0.2, -0.15) is 5.10 Å². The molecule has 0 aliphatic carbocycles. The Hall–Kier alpha value is -2.73. The van der Waals surface area contributed by atoms with Crippen LogP contribution in [0.5, 0.6) is 0 Å². The van der Waals surface area contributed by atoms with Crippen LogP contribution in [-0.2, 0) is 18.4 Å². The molecule has 106 valence electrons. The fraction of sp³-hybridized carbons (Fsp3) is 0.133. The van der Waals surface area contributed by atoms with Gasteiger partial charge in [-0.25, -0.2) is 4.98 Å². The van der Waals surface area contributed by atoms with Crippen molar-refractivity contribution in [2.45, 2.75) is 6.61 Å². The molecule has 1 amide bonds. The summed E-state index contributed by atoms with van der Waals surface area (Å²) in [6.45, 7) is -0.0713. The van der Waals surface area contributed by atoms with E-state index in [0.717, 1.165) is 27.6 Å². The number of anilines is 1. The Kier molecular flexibility index (Phi) is 3.37. The van der Waals surface area contributed by atoms with Crippen molar-refractivity contribution in [3.8, 4) is 11.1 Å². The van der Waals surface area contributed by atoms with Gasteiger partial charge < -0.3 is 10.4 Å². The molecule has 2 heterocycles. The molecule has 0 saturated heterocycles. The van der Waals surface area contributed by atoms with Gasteiger partial charge in [-0.15, -0.1) is 0 Å². The maximum atomic E-state index is 10.5. The smallest absolute Gasteiger partial charge is 0.212 e. The highest BCUT2D eigenvalue weighted by molar-refractivity contribution is 5.89. The van der Waals surface area contributed by atoms with Crippen LogP contribution in [0.1, 0.15) is 5.69 Å². The van der Waals surface area contributed by atoms with E-state index in [1.807, 2.05) is 24.3 Å². The molecule has 0 bridgehead atoms. The normalized spacial score (nSPS) is 10.8. The molecule has 0 radical (unpaired) electrons. The molecule has 0 fully saturated rings. The van der Waals surface area contributed by atoms with E-state index in [2.05, 4.69) is 15.4 Å². The van der Waals surface area contributed by atoms with Gasteiger partial charge >= 0.3 is 0 Å². The van der Waals surface area contributed by atoms with E-state index in [9.17, 15) is 9.90 Å². The minimum atomic E-state index is -0.0713. The molecular weight excluding hydrogens is 268 g/mol. The van der Waals surface area contributed by atoms with Crippen LogP contribution in [0.3, 0.4) is 0 Å². The van der Waals surface area contributed by atoms with Crippen molar-refractivity contribution in [3.05, 3.63) is 42.4 Å². The standard InChI is InChI=1S/C15H14N4O2/c1-19-14(8-20)13(7-18-19)10-2-3-11-6-16-15(17-9-21)5-12(11)4-10/h2-7,9,20H,8H2,1H3,(H,16,17,21). The van der Waals surface area contributed by atoms with Crippen LogP contribution in [0.2, 0.25) is 0 Å². The summed E-state index contributed by atoms with van der Waals surface area (Å²) in [5.74, 6) is 0.503. The summed E-state index contributed by atoms with van der Waals surface area (Å²) in [5.41, 5.74) is 2.61. The average molecular weight is 282 g/mol. The van der Waals surface area contributed by atoms with Crippen LogP contribution >= 0.6 is 0 Å². The van der Waals surface area contributed by atoms with Crippen LogP contribution in [0.25, 0.3) is 21.9 Å². The van der Waals surface area contributed by atoms with E-state index in [1.165, 1.54) is 0 Å². The first kappa shape index (κ1) is 13.3. The Morgan fingerprint density at radius 2 is 2.14 bits per heavy atom. The molecule has 0 aliphatic rings. The van der Waals surface area contributed by atoms with Crippen molar-refractivity contribution < 1.29 is 9.90 Å². The first-order chi connectivity index (χ1) is 10.2. The zero-order valence-electron chi connectivity index (χ0n) is 11.4. The molecule has 21 heavy (non-hydrogen) atoms. The molecule has 3 rings (SSSR count). The van der Waals surface area contributed by atoms with Gasteiger partial charge in [-0.1, -0.05) is 12.1 Å². The Balaban J connectivity index is 2.12. The molecule has 2 N–H and O–H groups in total. The lowest BCUT2D eigenvalue weighted by Crippen LogP contribution is -1.98. The van der Waals surface area contributed by atoms with Gasteiger partial charge in [-0.05, 0) is 23.1 Å². The predicted molar refractivity (Wildman–Crippen MR) is 79.6 cm³/mol. The van der Waals surface area contributed by atoms with Gasteiger partial charge in [0, 0.05) is 24.2 Å². The zero-order chi connectivity index (χ0) is 14.8. The van der Waals surface area contributed by atoms with Gasteiger partial charge in [0.05, 0.1) is 18.5 Å². The van der Waals surface area contributed by atoms with Crippen LogP contribution < -0.4 is 5.32 Å². The molecule has 0 atom stereocenters. The van der Waals surface area contributed by atoms with Crippen LogP contribution in [0.15, 0.2) is 36.7 Å². The van der Waals surface area contributed by atoms with Crippen molar-refractivity contribution in [2.75, 3.05) is 5.32 Å². The lowest BCUT2D eigenvalue weighted by Gasteiger charge is -2.06. The van der Waals surface area contributed by atoms with Crippen molar-refractivity contribution in [1.29, 1.82) is 0 Å². The third-order valence-corrected chi connectivity index (χ3v) is 3.45. The fourth-order valence-corrected chi connectivity index (χ4v) is 2.34. The summed E-state index contributed by atoms with van der Waals surface area (Å²) in [7, 11) is 1.80. The molecule has 0 unspecified atom stereocenters. The van der Waals surface area contributed by atoms with Crippen LogP contribution in [0, 0.1) is 0 Å². The topological polar surface area (TPSA) is 80.0 Å². The van der Waals surface area contributed by atoms with E-state index >= 15 is 0 Å². The Labute approximate surface area is 121 Å². The quantitative estimate of drug-likeness (QED) is 0.714. The SMILES string of the molecule is Cn1ncc(-c2ccc3cnc(NC=O)cc3c2)c1CO. The maximum Gasteiger partial charge on any atom is 0.212 e.